The van der Waals surface area contributed by atoms with Crippen molar-refractivity contribution in [2.24, 2.45) is 17.3 Å². The molecule has 2 fully saturated rings. The number of fused-ring (bicyclic) bond motifs is 1. The van der Waals surface area contributed by atoms with Crippen molar-refractivity contribution in [3.63, 3.8) is 0 Å². The minimum Gasteiger partial charge on any atom is -0.126 e. The van der Waals surface area contributed by atoms with E-state index in [0.29, 0.717) is 5.41 Å². The number of alkyl halides is 1. The van der Waals surface area contributed by atoms with Crippen LogP contribution in [0.4, 0.5) is 0 Å². The van der Waals surface area contributed by atoms with Crippen LogP contribution in [-0.4, -0.2) is 5.88 Å². The first-order valence-electron chi connectivity index (χ1n) is 6.74. The molecule has 17 heavy (non-hydrogen) atoms. The summed E-state index contributed by atoms with van der Waals surface area (Å²) < 4.78 is 0. The molecule has 1 heteroatoms. The lowest BCUT2D eigenvalue weighted by Crippen LogP contribution is -2.24. The van der Waals surface area contributed by atoms with Crippen molar-refractivity contribution in [1.29, 1.82) is 0 Å². The lowest BCUT2D eigenvalue weighted by molar-refractivity contribution is 0.302. The summed E-state index contributed by atoms with van der Waals surface area (Å²) in [6.07, 6.45) is 5.41. The average molecular weight is 249 g/mol. The van der Waals surface area contributed by atoms with Crippen molar-refractivity contribution < 1.29 is 0 Å². The van der Waals surface area contributed by atoms with Gasteiger partial charge in [0.1, 0.15) is 0 Å². The molecule has 0 bridgehead atoms. The quantitative estimate of drug-likeness (QED) is 0.691. The van der Waals surface area contributed by atoms with Gasteiger partial charge in [-0.1, -0.05) is 23.8 Å². The van der Waals surface area contributed by atoms with Crippen molar-refractivity contribution in [2.75, 3.05) is 5.88 Å². The Hall–Kier alpha value is -0.490. The first kappa shape index (κ1) is 11.6. The molecule has 0 radical (unpaired) electrons. The lowest BCUT2D eigenvalue weighted by Gasteiger charge is -2.29. The van der Waals surface area contributed by atoms with Gasteiger partial charge in [0.15, 0.2) is 0 Å². The molecule has 2 unspecified atom stereocenters. The van der Waals surface area contributed by atoms with Gasteiger partial charge in [-0.2, -0.15) is 0 Å². The van der Waals surface area contributed by atoms with Crippen LogP contribution < -0.4 is 0 Å². The highest BCUT2D eigenvalue weighted by atomic mass is 35.5. The van der Waals surface area contributed by atoms with Gasteiger partial charge in [-0.25, -0.2) is 0 Å². The number of halogens is 1. The van der Waals surface area contributed by atoms with E-state index in [2.05, 4.69) is 32.0 Å². The van der Waals surface area contributed by atoms with Gasteiger partial charge in [-0.3, -0.25) is 0 Å². The monoisotopic (exact) mass is 248 g/mol. The fourth-order valence-corrected chi connectivity index (χ4v) is 4.01. The molecule has 0 saturated heterocycles. The smallest absolute Gasteiger partial charge is 0.0283 e. The normalized spacial score (nSPS) is 34.8. The average Bonchev–Trinajstić information content (AvgIpc) is 2.92. The molecule has 0 N–H and O–H groups in total. The first-order chi connectivity index (χ1) is 8.12. The van der Waals surface area contributed by atoms with E-state index >= 15 is 0 Å². The zero-order valence-corrected chi connectivity index (χ0v) is 11.6. The van der Waals surface area contributed by atoms with Crippen molar-refractivity contribution in [2.45, 2.75) is 39.5 Å². The Bertz CT molecular complexity index is 425. The zero-order chi connectivity index (χ0) is 12.0. The molecule has 1 aromatic carbocycles. The Labute approximate surface area is 109 Å². The summed E-state index contributed by atoms with van der Waals surface area (Å²) in [6.45, 7) is 4.41. The molecule has 0 aliphatic heterocycles. The van der Waals surface area contributed by atoms with Crippen LogP contribution in [0, 0.1) is 31.1 Å². The molecule has 0 heterocycles. The maximum Gasteiger partial charge on any atom is 0.0283 e. The number of hydrogen-bond donors (Lipinski definition) is 0. The van der Waals surface area contributed by atoms with E-state index < -0.39 is 0 Å². The maximum atomic E-state index is 6.29. The third kappa shape index (κ3) is 2.12. The molecule has 1 aromatic rings. The molecule has 2 aliphatic carbocycles. The van der Waals surface area contributed by atoms with Crippen molar-refractivity contribution >= 4 is 11.6 Å². The summed E-state index contributed by atoms with van der Waals surface area (Å²) >= 11 is 6.29. The Kier molecular flexibility index (Phi) is 2.74. The van der Waals surface area contributed by atoms with E-state index in [1.54, 1.807) is 0 Å². The minimum absolute atomic E-state index is 0.410. The summed E-state index contributed by atoms with van der Waals surface area (Å²) in [6, 6.07) is 6.81. The second kappa shape index (κ2) is 4.02. The number of aryl methyl sites for hydroxylation is 2. The van der Waals surface area contributed by atoms with Gasteiger partial charge >= 0.3 is 0 Å². The maximum absolute atomic E-state index is 6.29. The topological polar surface area (TPSA) is 0 Å². The lowest BCUT2D eigenvalue weighted by atomic mass is 9.78. The molecule has 2 saturated carbocycles. The summed E-state index contributed by atoms with van der Waals surface area (Å²) in [5.74, 6) is 2.87. The van der Waals surface area contributed by atoms with E-state index in [1.165, 1.54) is 42.4 Å². The zero-order valence-electron chi connectivity index (χ0n) is 10.8. The van der Waals surface area contributed by atoms with Crippen molar-refractivity contribution in [1.82, 2.24) is 0 Å². The van der Waals surface area contributed by atoms with Gasteiger partial charge in [0.2, 0.25) is 0 Å². The van der Waals surface area contributed by atoms with Crippen LogP contribution in [-0.2, 0) is 6.42 Å². The predicted molar refractivity (Wildman–Crippen MR) is 73.6 cm³/mol. The van der Waals surface area contributed by atoms with Gasteiger partial charge in [-0.15, -0.1) is 11.6 Å². The molecule has 0 aromatic heterocycles. The van der Waals surface area contributed by atoms with E-state index in [4.69, 9.17) is 11.6 Å². The molecular weight excluding hydrogens is 228 g/mol. The van der Waals surface area contributed by atoms with E-state index in [0.717, 1.165) is 17.7 Å². The highest BCUT2D eigenvalue weighted by Crippen LogP contribution is 2.61. The van der Waals surface area contributed by atoms with Crippen LogP contribution >= 0.6 is 11.6 Å². The Balaban J connectivity index is 1.83. The van der Waals surface area contributed by atoms with Crippen LogP contribution in [0.2, 0.25) is 0 Å². The summed E-state index contributed by atoms with van der Waals surface area (Å²) in [5, 5.41) is 0. The van der Waals surface area contributed by atoms with E-state index in [1.807, 2.05) is 0 Å². The third-order valence-corrected chi connectivity index (χ3v) is 5.38. The molecule has 2 atom stereocenters. The Morgan fingerprint density at radius 1 is 1.24 bits per heavy atom. The second-order valence-corrected chi connectivity index (χ2v) is 6.67. The van der Waals surface area contributed by atoms with Gasteiger partial charge < -0.3 is 0 Å². The van der Waals surface area contributed by atoms with Crippen LogP contribution in [0.3, 0.4) is 0 Å². The molecular formula is C16H21Cl. The van der Waals surface area contributed by atoms with Crippen LogP contribution in [0.1, 0.15) is 36.0 Å². The fraction of sp³-hybridized carbons (Fsp3) is 0.625. The standard InChI is InChI=1S/C16H21Cl/c1-11-3-4-12(2)13(5-11)7-16(10-17)8-14-6-15(14)9-16/h3-5,14-15H,6-10H2,1-2H3. The highest BCUT2D eigenvalue weighted by molar-refractivity contribution is 6.18. The Morgan fingerprint density at radius 3 is 2.59 bits per heavy atom. The molecule has 0 amide bonds. The van der Waals surface area contributed by atoms with Gasteiger partial charge in [0, 0.05) is 5.88 Å². The minimum atomic E-state index is 0.410. The predicted octanol–water partition coefficient (Wildman–Crippen LogP) is 4.50. The number of hydrogen-bond acceptors (Lipinski definition) is 0. The molecule has 2 aliphatic rings. The van der Waals surface area contributed by atoms with E-state index in [9.17, 15) is 0 Å². The highest BCUT2D eigenvalue weighted by Gasteiger charge is 2.53. The van der Waals surface area contributed by atoms with Crippen LogP contribution in [0.15, 0.2) is 18.2 Å². The molecule has 0 nitrogen and oxygen atoms in total. The van der Waals surface area contributed by atoms with Crippen LogP contribution in [0.5, 0.6) is 0 Å². The van der Waals surface area contributed by atoms with Gasteiger partial charge in [0.05, 0.1) is 0 Å². The Morgan fingerprint density at radius 2 is 1.94 bits per heavy atom. The molecule has 0 spiro atoms. The van der Waals surface area contributed by atoms with E-state index in [-0.39, 0.29) is 0 Å². The summed E-state index contributed by atoms with van der Waals surface area (Å²) in [4.78, 5) is 0. The van der Waals surface area contributed by atoms with Gasteiger partial charge in [0.25, 0.3) is 0 Å². The SMILES string of the molecule is Cc1ccc(C)c(CC2(CCl)CC3CC3C2)c1. The second-order valence-electron chi connectivity index (χ2n) is 6.40. The summed E-state index contributed by atoms with van der Waals surface area (Å²) in [7, 11) is 0. The first-order valence-corrected chi connectivity index (χ1v) is 7.27. The van der Waals surface area contributed by atoms with Crippen LogP contribution in [0.25, 0.3) is 0 Å². The largest absolute Gasteiger partial charge is 0.126 e. The van der Waals surface area contributed by atoms with Crippen molar-refractivity contribution in [3.05, 3.63) is 34.9 Å². The molecule has 92 valence electrons. The third-order valence-electron chi connectivity index (χ3n) is 4.81. The molecule has 3 rings (SSSR count). The van der Waals surface area contributed by atoms with Crippen molar-refractivity contribution in [3.8, 4) is 0 Å². The van der Waals surface area contributed by atoms with Gasteiger partial charge in [-0.05, 0) is 67.9 Å². The number of rotatable bonds is 3. The number of benzene rings is 1. The fourth-order valence-electron chi connectivity index (χ4n) is 3.70. The summed E-state index contributed by atoms with van der Waals surface area (Å²) in [5.41, 5.74) is 4.74.